The minimum atomic E-state index is -0.582. The maximum atomic E-state index is 10.9. The van der Waals surface area contributed by atoms with Gasteiger partial charge in [0, 0.05) is 12.6 Å². The maximum Gasteiger partial charge on any atom is 0.309 e. The summed E-state index contributed by atoms with van der Waals surface area (Å²) < 4.78 is 0. The molecular weight excluding hydrogens is 156 g/mol. The van der Waals surface area contributed by atoms with E-state index in [1.165, 1.54) is 6.08 Å². The second-order valence-electron chi connectivity index (χ2n) is 2.75. The molecule has 0 saturated heterocycles. The van der Waals surface area contributed by atoms with E-state index in [-0.39, 0.29) is 6.04 Å². The molecule has 1 aliphatic carbocycles. The molecule has 0 heterocycles. The molecule has 0 aromatic carbocycles. The Morgan fingerprint density at radius 2 is 2.08 bits per heavy atom. The molecule has 4 nitrogen and oxygen atoms in total. The van der Waals surface area contributed by atoms with E-state index in [0.717, 1.165) is 12.8 Å². The highest BCUT2D eigenvalue weighted by molar-refractivity contribution is 6.35. The highest BCUT2D eigenvalue weighted by Crippen LogP contribution is 2.18. The molecule has 66 valence electrons. The number of carbonyl (C=O) groups is 2. The van der Waals surface area contributed by atoms with E-state index in [1.807, 2.05) is 0 Å². The van der Waals surface area contributed by atoms with Crippen molar-refractivity contribution in [3.05, 3.63) is 12.7 Å². The third kappa shape index (κ3) is 2.74. The predicted molar refractivity (Wildman–Crippen MR) is 44.4 cm³/mol. The summed E-state index contributed by atoms with van der Waals surface area (Å²) >= 11 is 0. The first-order valence-corrected chi connectivity index (χ1v) is 3.93. The van der Waals surface area contributed by atoms with Gasteiger partial charge in [0.2, 0.25) is 0 Å². The third-order valence-corrected chi connectivity index (χ3v) is 1.53. The summed E-state index contributed by atoms with van der Waals surface area (Å²) in [5.41, 5.74) is 0. The maximum absolute atomic E-state index is 10.9. The van der Waals surface area contributed by atoms with Gasteiger partial charge < -0.3 is 10.6 Å². The fraction of sp³-hybridized carbons (Fsp3) is 0.500. The molecule has 0 aliphatic heterocycles. The first-order valence-electron chi connectivity index (χ1n) is 3.93. The van der Waals surface area contributed by atoms with Crippen molar-refractivity contribution in [2.24, 2.45) is 0 Å². The largest absolute Gasteiger partial charge is 0.345 e. The van der Waals surface area contributed by atoms with E-state index < -0.39 is 11.8 Å². The van der Waals surface area contributed by atoms with Crippen LogP contribution in [0.15, 0.2) is 12.7 Å². The van der Waals surface area contributed by atoms with Crippen LogP contribution < -0.4 is 10.6 Å². The second-order valence-corrected chi connectivity index (χ2v) is 2.75. The average molecular weight is 168 g/mol. The quantitative estimate of drug-likeness (QED) is 0.443. The van der Waals surface area contributed by atoms with Crippen LogP contribution in [0.4, 0.5) is 0 Å². The molecule has 0 spiro atoms. The Morgan fingerprint density at radius 1 is 1.42 bits per heavy atom. The van der Waals surface area contributed by atoms with Crippen LogP contribution in [0, 0.1) is 0 Å². The fourth-order valence-corrected chi connectivity index (χ4v) is 0.724. The van der Waals surface area contributed by atoms with Gasteiger partial charge in [0.15, 0.2) is 0 Å². The van der Waals surface area contributed by atoms with Crippen molar-refractivity contribution in [2.75, 3.05) is 6.54 Å². The van der Waals surface area contributed by atoms with E-state index in [0.29, 0.717) is 6.54 Å². The van der Waals surface area contributed by atoms with Gasteiger partial charge in [-0.3, -0.25) is 9.59 Å². The molecule has 0 atom stereocenters. The molecule has 0 unspecified atom stereocenters. The van der Waals surface area contributed by atoms with Gasteiger partial charge >= 0.3 is 11.8 Å². The van der Waals surface area contributed by atoms with Crippen molar-refractivity contribution in [1.82, 2.24) is 10.6 Å². The topological polar surface area (TPSA) is 58.2 Å². The monoisotopic (exact) mass is 168 g/mol. The Morgan fingerprint density at radius 3 is 2.58 bits per heavy atom. The third-order valence-electron chi connectivity index (χ3n) is 1.53. The van der Waals surface area contributed by atoms with Crippen LogP contribution in [-0.4, -0.2) is 24.4 Å². The minimum absolute atomic E-state index is 0.229. The molecule has 12 heavy (non-hydrogen) atoms. The van der Waals surface area contributed by atoms with E-state index in [2.05, 4.69) is 17.2 Å². The van der Waals surface area contributed by atoms with Crippen LogP contribution in [-0.2, 0) is 9.59 Å². The standard InChI is InChI=1S/C8H12N2O2/c1-2-5-9-7(11)8(12)10-6-3-4-6/h2,6H,1,3-5H2,(H,9,11)(H,10,12). The molecule has 2 amide bonds. The van der Waals surface area contributed by atoms with Gasteiger partial charge in [-0.1, -0.05) is 6.08 Å². The Bertz CT molecular complexity index is 209. The molecule has 4 heteroatoms. The molecular formula is C8H12N2O2. The van der Waals surface area contributed by atoms with Crippen molar-refractivity contribution in [3.63, 3.8) is 0 Å². The Labute approximate surface area is 71.0 Å². The lowest BCUT2D eigenvalue weighted by molar-refractivity contribution is -0.139. The zero-order valence-electron chi connectivity index (χ0n) is 6.80. The summed E-state index contributed by atoms with van der Waals surface area (Å²) in [6, 6.07) is 0.229. The molecule has 0 aromatic rings. The van der Waals surface area contributed by atoms with Crippen molar-refractivity contribution < 1.29 is 9.59 Å². The first-order chi connectivity index (χ1) is 5.74. The van der Waals surface area contributed by atoms with Crippen LogP contribution >= 0.6 is 0 Å². The molecule has 1 rings (SSSR count). The van der Waals surface area contributed by atoms with Gasteiger partial charge in [-0.2, -0.15) is 0 Å². The SMILES string of the molecule is C=CCNC(=O)C(=O)NC1CC1. The molecule has 0 radical (unpaired) electrons. The first kappa shape index (κ1) is 8.77. The number of amides is 2. The Balaban J connectivity index is 2.19. The van der Waals surface area contributed by atoms with Gasteiger partial charge in [0.05, 0.1) is 0 Å². The highest BCUT2D eigenvalue weighted by atomic mass is 16.2. The highest BCUT2D eigenvalue weighted by Gasteiger charge is 2.25. The van der Waals surface area contributed by atoms with E-state index in [1.54, 1.807) is 0 Å². The number of nitrogens with one attached hydrogen (secondary N) is 2. The summed E-state index contributed by atoms with van der Waals surface area (Å²) in [7, 11) is 0. The van der Waals surface area contributed by atoms with Gasteiger partial charge in [-0.05, 0) is 12.8 Å². The van der Waals surface area contributed by atoms with Gasteiger partial charge in [-0.25, -0.2) is 0 Å². The van der Waals surface area contributed by atoms with Crippen LogP contribution in [0.5, 0.6) is 0 Å². The number of hydrogen-bond donors (Lipinski definition) is 2. The summed E-state index contributed by atoms with van der Waals surface area (Å²) in [4.78, 5) is 21.8. The molecule has 0 bridgehead atoms. The Hall–Kier alpha value is -1.32. The van der Waals surface area contributed by atoms with Crippen LogP contribution in [0.1, 0.15) is 12.8 Å². The van der Waals surface area contributed by atoms with Crippen molar-refractivity contribution >= 4 is 11.8 Å². The van der Waals surface area contributed by atoms with Crippen molar-refractivity contribution in [2.45, 2.75) is 18.9 Å². The summed E-state index contributed by atoms with van der Waals surface area (Å²) in [5.74, 6) is -1.12. The van der Waals surface area contributed by atoms with Crippen LogP contribution in [0.25, 0.3) is 0 Å². The summed E-state index contributed by atoms with van der Waals surface area (Å²) in [5, 5.41) is 4.97. The van der Waals surface area contributed by atoms with E-state index in [9.17, 15) is 9.59 Å². The van der Waals surface area contributed by atoms with Gasteiger partial charge in [-0.15, -0.1) is 6.58 Å². The molecule has 1 saturated carbocycles. The summed E-state index contributed by atoms with van der Waals surface area (Å²) in [6.07, 6.45) is 3.50. The van der Waals surface area contributed by atoms with Gasteiger partial charge in [0.1, 0.15) is 0 Å². The normalized spacial score (nSPS) is 15.0. The van der Waals surface area contributed by atoms with Crippen LogP contribution in [0.3, 0.4) is 0 Å². The fourth-order valence-electron chi connectivity index (χ4n) is 0.724. The lowest BCUT2D eigenvalue weighted by Crippen LogP contribution is -2.40. The van der Waals surface area contributed by atoms with Crippen LogP contribution in [0.2, 0.25) is 0 Å². The minimum Gasteiger partial charge on any atom is -0.345 e. The molecule has 1 fully saturated rings. The smallest absolute Gasteiger partial charge is 0.309 e. The molecule has 2 N–H and O–H groups in total. The Kier molecular flexibility index (Phi) is 2.85. The van der Waals surface area contributed by atoms with Crippen molar-refractivity contribution in [3.8, 4) is 0 Å². The lowest BCUT2D eigenvalue weighted by atomic mass is 10.5. The van der Waals surface area contributed by atoms with Crippen molar-refractivity contribution in [1.29, 1.82) is 0 Å². The number of hydrogen-bond acceptors (Lipinski definition) is 2. The van der Waals surface area contributed by atoms with E-state index in [4.69, 9.17) is 0 Å². The van der Waals surface area contributed by atoms with Gasteiger partial charge in [0.25, 0.3) is 0 Å². The molecule has 0 aromatic heterocycles. The zero-order chi connectivity index (χ0) is 8.97. The predicted octanol–water partition coefficient (Wildman–Crippen LogP) is -0.433. The lowest BCUT2D eigenvalue weighted by Gasteiger charge is -2.01. The average Bonchev–Trinajstić information content (AvgIpc) is 2.83. The summed E-state index contributed by atoms with van der Waals surface area (Å²) in [6.45, 7) is 3.75. The molecule has 1 aliphatic rings. The van der Waals surface area contributed by atoms with E-state index >= 15 is 0 Å². The number of rotatable bonds is 3. The number of carbonyl (C=O) groups excluding carboxylic acids is 2. The zero-order valence-corrected chi connectivity index (χ0v) is 6.80. The second kappa shape index (κ2) is 3.90.